The molecule has 0 saturated carbocycles. The van der Waals surface area contributed by atoms with Crippen molar-refractivity contribution in [2.75, 3.05) is 7.11 Å². The van der Waals surface area contributed by atoms with Crippen LogP contribution in [0.4, 0.5) is 0 Å². The van der Waals surface area contributed by atoms with Crippen LogP contribution in [0.15, 0.2) is 65.7 Å². The zero-order valence-corrected chi connectivity index (χ0v) is 12.6. The molecule has 0 fully saturated rings. The predicted octanol–water partition coefficient (Wildman–Crippen LogP) is 2.45. The molecule has 4 nitrogen and oxygen atoms in total. The SMILES string of the molecule is COC(=O)[C@@H](N=C(c1ccccc1)c1ccccc1)[C@@H](C)O. The fourth-order valence-corrected chi connectivity index (χ4v) is 2.13. The molecule has 0 heterocycles. The van der Waals surface area contributed by atoms with E-state index in [1.54, 1.807) is 0 Å². The largest absolute Gasteiger partial charge is 0.467 e. The van der Waals surface area contributed by atoms with E-state index in [1.807, 2.05) is 60.7 Å². The van der Waals surface area contributed by atoms with Gasteiger partial charge in [0.05, 0.1) is 18.9 Å². The van der Waals surface area contributed by atoms with Crippen molar-refractivity contribution in [1.82, 2.24) is 0 Å². The van der Waals surface area contributed by atoms with Crippen LogP contribution in [-0.2, 0) is 9.53 Å². The molecule has 0 aliphatic heterocycles. The minimum absolute atomic E-state index is 0.556. The molecule has 2 aromatic rings. The average molecular weight is 297 g/mol. The van der Waals surface area contributed by atoms with E-state index >= 15 is 0 Å². The summed E-state index contributed by atoms with van der Waals surface area (Å²) in [5, 5.41) is 9.85. The lowest BCUT2D eigenvalue weighted by molar-refractivity contribution is -0.144. The number of nitrogens with zero attached hydrogens (tertiary/aromatic N) is 1. The average Bonchev–Trinajstić information content (AvgIpc) is 2.56. The smallest absolute Gasteiger partial charge is 0.333 e. The first kappa shape index (κ1) is 15.9. The number of carbonyl (C=O) groups excluding carboxylic acids is 1. The van der Waals surface area contributed by atoms with E-state index < -0.39 is 18.1 Å². The highest BCUT2D eigenvalue weighted by Gasteiger charge is 2.25. The molecular weight excluding hydrogens is 278 g/mol. The van der Waals surface area contributed by atoms with Gasteiger partial charge in [-0.3, -0.25) is 4.99 Å². The van der Waals surface area contributed by atoms with E-state index in [1.165, 1.54) is 14.0 Å². The third-order valence-electron chi connectivity index (χ3n) is 3.26. The lowest BCUT2D eigenvalue weighted by Crippen LogP contribution is -2.32. The van der Waals surface area contributed by atoms with Gasteiger partial charge in [-0.25, -0.2) is 4.79 Å². The number of carbonyl (C=O) groups is 1. The quantitative estimate of drug-likeness (QED) is 0.681. The summed E-state index contributed by atoms with van der Waals surface area (Å²) in [4.78, 5) is 16.3. The van der Waals surface area contributed by atoms with Crippen LogP contribution in [-0.4, -0.2) is 36.0 Å². The normalized spacial score (nSPS) is 13.0. The Labute approximate surface area is 130 Å². The van der Waals surface area contributed by atoms with E-state index in [4.69, 9.17) is 4.74 Å². The minimum atomic E-state index is -0.958. The van der Waals surface area contributed by atoms with Crippen LogP contribution in [0.3, 0.4) is 0 Å². The number of aliphatic imine (C=N–C) groups is 1. The summed E-state index contributed by atoms with van der Waals surface area (Å²) in [6, 6.07) is 18.2. The maximum absolute atomic E-state index is 11.9. The molecule has 4 heteroatoms. The van der Waals surface area contributed by atoms with Crippen LogP contribution in [0.5, 0.6) is 0 Å². The highest BCUT2D eigenvalue weighted by atomic mass is 16.5. The van der Waals surface area contributed by atoms with E-state index in [9.17, 15) is 9.90 Å². The van der Waals surface area contributed by atoms with Crippen molar-refractivity contribution in [2.24, 2.45) is 4.99 Å². The molecule has 0 amide bonds. The van der Waals surface area contributed by atoms with Crippen LogP contribution < -0.4 is 0 Å². The molecule has 0 unspecified atom stereocenters. The van der Waals surface area contributed by atoms with Gasteiger partial charge in [-0.05, 0) is 6.92 Å². The maximum Gasteiger partial charge on any atom is 0.333 e. The van der Waals surface area contributed by atoms with Gasteiger partial charge in [-0.1, -0.05) is 60.7 Å². The van der Waals surface area contributed by atoms with E-state index in [0.29, 0.717) is 5.71 Å². The zero-order chi connectivity index (χ0) is 15.9. The first-order valence-electron chi connectivity index (χ1n) is 7.08. The van der Waals surface area contributed by atoms with Gasteiger partial charge in [0.25, 0.3) is 0 Å². The van der Waals surface area contributed by atoms with Crippen LogP contribution in [0.1, 0.15) is 18.1 Å². The Morgan fingerprint density at radius 2 is 1.45 bits per heavy atom. The molecule has 1 N–H and O–H groups in total. The molecule has 2 atom stereocenters. The molecule has 114 valence electrons. The number of aliphatic hydroxyl groups excluding tert-OH is 1. The molecule has 2 aromatic carbocycles. The summed E-state index contributed by atoms with van der Waals surface area (Å²) in [7, 11) is 1.29. The van der Waals surface area contributed by atoms with Crippen molar-refractivity contribution in [1.29, 1.82) is 0 Å². The van der Waals surface area contributed by atoms with Crippen molar-refractivity contribution in [2.45, 2.75) is 19.1 Å². The first-order chi connectivity index (χ1) is 10.6. The van der Waals surface area contributed by atoms with E-state index in [0.717, 1.165) is 11.1 Å². The van der Waals surface area contributed by atoms with E-state index in [2.05, 4.69) is 4.99 Å². The van der Waals surface area contributed by atoms with Gasteiger partial charge >= 0.3 is 5.97 Å². The Morgan fingerprint density at radius 3 is 1.82 bits per heavy atom. The number of rotatable bonds is 5. The number of ether oxygens (including phenoxy) is 1. The van der Waals surface area contributed by atoms with Gasteiger partial charge in [0, 0.05) is 11.1 Å². The summed E-state index contributed by atoms with van der Waals surface area (Å²) in [6.45, 7) is 1.53. The summed E-state index contributed by atoms with van der Waals surface area (Å²) < 4.78 is 4.74. The minimum Gasteiger partial charge on any atom is -0.467 e. The summed E-state index contributed by atoms with van der Waals surface area (Å²) in [5.74, 6) is -0.556. The lowest BCUT2D eigenvalue weighted by atomic mass is 10.0. The Kier molecular flexibility index (Phi) is 5.44. The van der Waals surface area contributed by atoms with Crippen LogP contribution in [0.25, 0.3) is 0 Å². The van der Waals surface area contributed by atoms with Gasteiger partial charge in [0.2, 0.25) is 0 Å². The third kappa shape index (κ3) is 3.80. The zero-order valence-electron chi connectivity index (χ0n) is 12.6. The van der Waals surface area contributed by atoms with Crippen LogP contribution in [0, 0.1) is 0 Å². The standard InChI is InChI=1S/C18H19NO3/c1-13(20)16(18(21)22-2)19-17(14-9-5-3-6-10-14)15-11-7-4-8-12-15/h3-13,16,20H,1-2H3/t13-,16+/m1/s1. The van der Waals surface area contributed by atoms with Gasteiger partial charge in [0.15, 0.2) is 6.04 Å². The molecular formula is C18H19NO3. The highest BCUT2D eigenvalue weighted by molar-refractivity contribution is 6.13. The van der Waals surface area contributed by atoms with Crippen LogP contribution in [0.2, 0.25) is 0 Å². The molecule has 0 bridgehead atoms. The first-order valence-corrected chi connectivity index (χ1v) is 7.08. The topological polar surface area (TPSA) is 58.9 Å². The Bertz CT molecular complexity index is 594. The van der Waals surface area contributed by atoms with Gasteiger partial charge in [0.1, 0.15) is 0 Å². The molecule has 0 radical (unpaired) electrons. The molecule has 22 heavy (non-hydrogen) atoms. The van der Waals surface area contributed by atoms with Crippen molar-refractivity contribution in [3.8, 4) is 0 Å². The van der Waals surface area contributed by atoms with Crippen molar-refractivity contribution < 1.29 is 14.6 Å². The van der Waals surface area contributed by atoms with Gasteiger partial charge < -0.3 is 9.84 Å². The van der Waals surface area contributed by atoms with Crippen molar-refractivity contribution >= 4 is 11.7 Å². The van der Waals surface area contributed by atoms with Crippen molar-refractivity contribution in [3.63, 3.8) is 0 Å². The second kappa shape index (κ2) is 7.52. The second-order valence-electron chi connectivity index (χ2n) is 4.92. The molecule has 0 aliphatic rings. The fourth-order valence-electron chi connectivity index (χ4n) is 2.13. The Morgan fingerprint density at radius 1 is 1.00 bits per heavy atom. The van der Waals surface area contributed by atoms with E-state index in [-0.39, 0.29) is 0 Å². The fraction of sp³-hybridized carbons (Fsp3) is 0.222. The second-order valence-corrected chi connectivity index (χ2v) is 4.92. The number of hydrogen-bond acceptors (Lipinski definition) is 4. The molecule has 0 aromatic heterocycles. The van der Waals surface area contributed by atoms with Crippen molar-refractivity contribution in [3.05, 3.63) is 71.8 Å². The molecule has 0 saturated heterocycles. The highest BCUT2D eigenvalue weighted by Crippen LogP contribution is 2.14. The lowest BCUT2D eigenvalue weighted by Gasteiger charge is -2.16. The van der Waals surface area contributed by atoms with Gasteiger partial charge in [-0.15, -0.1) is 0 Å². The van der Waals surface area contributed by atoms with Crippen LogP contribution >= 0.6 is 0 Å². The molecule has 0 aliphatic carbocycles. The monoisotopic (exact) mass is 297 g/mol. The number of hydrogen-bond donors (Lipinski definition) is 1. The maximum atomic E-state index is 11.9. The third-order valence-corrected chi connectivity index (χ3v) is 3.26. The number of methoxy groups -OCH3 is 1. The summed E-state index contributed by atoms with van der Waals surface area (Å²) in [6.07, 6.45) is -0.935. The summed E-state index contributed by atoms with van der Waals surface area (Å²) >= 11 is 0. The number of aliphatic hydroxyl groups is 1. The molecule has 2 rings (SSSR count). The predicted molar refractivity (Wildman–Crippen MR) is 86.0 cm³/mol. The Balaban J connectivity index is 2.53. The number of benzene rings is 2. The molecule has 0 spiro atoms. The summed E-state index contributed by atoms with van der Waals surface area (Å²) in [5.41, 5.74) is 2.41. The Hall–Kier alpha value is -2.46. The van der Waals surface area contributed by atoms with Gasteiger partial charge in [-0.2, -0.15) is 0 Å². The number of esters is 1.